The fraction of sp³-hybridized carbons (Fsp3) is 0.303. The van der Waals surface area contributed by atoms with Crippen molar-refractivity contribution in [1.29, 1.82) is 0 Å². The van der Waals surface area contributed by atoms with E-state index in [2.05, 4.69) is 117 Å². The normalized spacial score (nSPS) is 13.3. The molecule has 1 aliphatic rings. The number of benzene rings is 4. The molecule has 0 saturated carbocycles. The van der Waals surface area contributed by atoms with E-state index in [1.54, 1.807) is 4.40 Å². The topological polar surface area (TPSA) is 13.1 Å². The summed E-state index contributed by atoms with van der Waals surface area (Å²) >= 11 is -2.10. The number of pyridine rings is 1. The number of hydrogen-bond acceptors (Lipinski definition) is 1. The van der Waals surface area contributed by atoms with Crippen molar-refractivity contribution in [3.63, 3.8) is 0 Å². The van der Waals surface area contributed by atoms with Crippen molar-refractivity contribution in [2.75, 3.05) is 0 Å². The number of fused-ring (bicyclic) bond motifs is 5. The van der Waals surface area contributed by atoms with E-state index < -0.39 is 13.3 Å². The predicted octanol–water partition coefficient (Wildman–Crippen LogP) is 8.19. The molecule has 2 nitrogen and oxygen atoms in total. The third-order valence-electron chi connectivity index (χ3n) is 7.74. The standard InChI is InChI=1S/C33H36GeNO/c1-20-21-12-9-10-13-22(21)26(19-33(2,3)4)32-29(20)31-30-24(16-17-35(31)8)23-14-11-15-27(34(5,6)7)25(23)18-28(30)36-32/h9-18H,19H2,1-8H3/q+1. The summed E-state index contributed by atoms with van der Waals surface area (Å²) in [7, 11) is 2.18. The summed E-state index contributed by atoms with van der Waals surface area (Å²) in [4.78, 5) is 0. The van der Waals surface area contributed by atoms with Gasteiger partial charge in [-0.25, -0.2) is 0 Å². The van der Waals surface area contributed by atoms with E-state index in [0.717, 1.165) is 17.9 Å². The Bertz CT molecular complexity index is 1720. The monoisotopic (exact) mass is 536 g/mol. The fourth-order valence-corrected chi connectivity index (χ4v) is 9.56. The Morgan fingerprint density at radius 3 is 2.22 bits per heavy atom. The van der Waals surface area contributed by atoms with E-state index in [1.807, 2.05) is 0 Å². The molecule has 0 amide bonds. The molecule has 0 bridgehead atoms. The summed E-state index contributed by atoms with van der Waals surface area (Å²) in [5.41, 5.74) is 5.28. The van der Waals surface area contributed by atoms with Crippen LogP contribution >= 0.6 is 0 Å². The summed E-state index contributed by atoms with van der Waals surface area (Å²) in [5.74, 6) is 9.49. The Balaban J connectivity index is 1.81. The predicted molar refractivity (Wildman–Crippen MR) is 157 cm³/mol. The molecular formula is C33H36GeNO+. The van der Waals surface area contributed by atoms with Gasteiger partial charge < -0.3 is 0 Å². The average Bonchev–Trinajstić information content (AvgIpc) is 2.81. The first-order valence-corrected chi connectivity index (χ1v) is 20.4. The minimum atomic E-state index is -2.10. The average molecular weight is 535 g/mol. The van der Waals surface area contributed by atoms with Crippen LogP contribution in [0.2, 0.25) is 17.3 Å². The van der Waals surface area contributed by atoms with Crippen LogP contribution in [0.4, 0.5) is 0 Å². The van der Waals surface area contributed by atoms with Gasteiger partial charge in [0, 0.05) is 0 Å². The Labute approximate surface area is 217 Å². The van der Waals surface area contributed by atoms with E-state index >= 15 is 0 Å². The van der Waals surface area contributed by atoms with Crippen LogP contribution in [0.15, 0.2) is 60.8 Å². The second-order valence-corrected chi connectivity index (χ2v) is 23.4. The molecule has 4 aromatic carbocycles. The molecule has 0 radical (unpaired) electrons. The Hall–Kier alpha value is -2.85. The SMILES string of the molecule is Cc1c2c(c(CC(C)(C)C)c3ccccc13)Oc1cc3[c]([Ge]([CH3])([CH3])[CH3])cccc3c3cc[n+](C)c-2c13. The number of aryl methyl sites for hydroxylation is 2. The van der Waals surface area contributed by atoms with Crippen molar-refractivity contribution >= 4 is 50.0 Å². The number of aromatic nitrogens is 1. The first-order valence-electron chi connectivity index (χ1n) is 13.1. The van der Waals surface area contributed by atoms with Crippen molar-refractivity contribution in [3.05, 3.63) is 71.9 Å². The van der Waals surface area contributed by atoms with Gasteiger partial charge in [-0.1, -0.05) is 0 Å². The minimum absolute atomic E-state index is 0.139. The second kappa shape index (κ2) is 7.82. The van der Waals surface area contributed by atoms with Crippen molar-refractivity contribution in [2.24, 2.45) is 12.5 Å². The second-order valence-electron chi connectivity index (χ2n) is 12.8. The first-order chi connectivity index (χ1) is 17.0. The molecule has 5 aromatic rings. The summed E-state index contributed by atoms with van der Waals surface area (Å²) < 4.78 is 10.9. The summed E-state index contributed by atoms with van der Waals surface area (Å²) in [5, 5.41) is 7.87. The van der Waals surface area contributed by atoms with E-state index in [-0.39, 0.29) is 5.41 Å². The molecule has 6 rings (SSSR count). The maximum absolute atomic E-state index is 7.05. The molecule has 2 heterocycles. The summed E-state index contributed by atoms with van der Waals surface area (Å²) in [6, 6.07) is 20.4. The van der Waals surface area contributed by atoms with Gasteiger partial charge in [-0.15, -0.1) is 0 Å². The Morgan fingerprint density at radius 2 is 1.53 bits per heavy atom. The zero-order valence-electron chi connectivity index (χ0n) is 22.8. The van der Waals surface area contributed by atoms with Crippen molar-refractivity contribution in [3.8, 4) is 22.8 Å². The zero-order chi connectivity index (χ0) is 25.6. The van der Waals surface area contributed by atoms with E-state index in [4.69, 9.17) is 4.74 Å². The van der Waals surface area contributed by atoms with Gasteiger partial charge >= 0.3 is 218 Å². The summed E-state index contributed by atoms with van der Waals surface area (Å²) in [6.07, 6.45) is 3.19. The van der Waals surface area contributed by atoms with E-state index in [1.165, 1.54) is 54.7 Å². The van der Waals surface area contributed by atoms with Crippen LogP contribution in [0, 0.1) is 12.3 Å². The van der Waals surface area contributed by atoms with Crippen LogP contribution in [0.25, 0.3) is 43.6 Å². The molecule has 0 atom stereocenters. The molecule has 1 aliphatic heterocycles. The summed E-state index contributed by atoms with van der Waals surface area (Å²) in [6.45, 7) is 9.23. The van der Waals surface area contributed by atoms with Gasteiger partial charge in [0.05, 0.1) is 0 Å². The molecule has 182 valence electrons. The number of nitrogens with zero attached hydrogens (tertiary/aromatic N) is 1. The molecule has 0 aliphatic carbocycles. The van der Waals surface area contributed by atoms with Crippen molar-refractivity contribution in [2.45, 2.75) is 51.4 Å². The quantitative estimate of drug-likeness (QED) is 0.124. The Morgan fingerprint density at radius 1 is 0.833 bits per heavy atom. The molecule has 0 N–H and O–H groups in total. The van der Waals surface area contributed by atoms with E-state index in [0.29, 0.717) is 0 Å². The first kappa shape index (κ1) is 23.5. The van der Waals surface area contributed by atoms with Gasteiger partial charge in [0.25, 0.3) is 0 Å². The van der Waals surface area contributed by atoms with Crippen molar-refractivity contribution in [1.82, 2.24) is 0 Å². The van der Waals surface area contributed by atoms with Gasteiger partial charge in [0.2, 0.25) is 0 Å². The number of ether oxygens (including phenoxy) is 1. The van der Waals surface area contributed by atoms with Gasteiger partial charge in [-0.05, 0) is 0 Å². The fourth-order valence-electron chi connectivity index (χ4n) is 6.18. The molecule has 0 fully saturated rings. The van der Waals surface area contributed by atoms with Crippen LogP contribution in [-0.4, -0.2) is 13.3 Å². The molecular weight excluding hydrogens is 499 g/mol. The Kier molecular flexibility index (Phi) is 5.12. The molecule has 3 heteroatoms. The third kappa shape index (κ3) is 3.48. The van der Waals surface area contributed by atoms with Gasteiger partial charge in [-0.3, -0.25) is 0 Å². The van der Waals surface area contributed by atoms with Crippen LogP contribution in [0.3, 0.4) is 0 Å². The van der Waals surface area contributed by atoms with E-state index in [9.17, 15) is 0 Å². The van der Waals surface area contributed by atoms with Crippen molar-refractivity contribution < 1.29 is 9.30 Å². The molecule has 1 aromatic heterocycles. The molecule has 0 saturated heterocycles. The maximum atomic E-state index is 7.05. The number of rotatable bonds is 2. The van der Waals surface area contributed by atoms with Crippen LogP contribution < -0.4 is 13.7 Å². The molecule has 0 spiro atoms. The van der Waals surface area contributed by atoms with Gasteiger partial charge in [-0.2, -0.15) is 0 Å². The number of hydrogen-bond donors (Lipinski definition) is 0. The van der Waals surface area contributed by atoms with Crippen LogP contribution in [-0.2, 0) is 13.5 Å². The van der Waals surface area contributed by atoms with Crippen LogP contribution in [0.5, 0.6) is 11.5 Å². The van der Waals surface area contributed by atoms with Gasteiger partial charge in [0.15, 0.2) is 0 Å². The molecule has 0 unspecified atom stereocenters. The van der Waals surface area contributed by atoms with Crippen LogP contribution in [0.1, 0.15) is 31.9 Å². The zero-order valence-corrected chi connectivity index (χ0v) is 24.9. The molecule has 36 heavy (non-hydrogen) atoms. The third-order valence-corrected chi connectivity index (χ3v) is 12.0. The van der Waals surface area contributed by atoms with Gasteiger partial charge in [0.1, 0.15) is 0 Å².